The Morgan fingerprint density at radius 1 is 1.56 bits per heavy atom. The SMILES string of the molecule is C/C(O)=C/C(=N)N(C)C. The normalized spacial score (nSPS) is 11.2. The second kappa shape index (κ2) is 3.12. The first-order valence-electron chi connectivity index (χ1n) is 2.67. The van der Waals surface area contributed by atoms with E-state index >= 15 is 0 Å². The Bertz CT molecular complexity index is 134. The number of hydrogen-bond donors (Lipinski definition) is 2. The summed E-state index contributed by atoms with van der Waals surface area (Å²) < 4.78 is 0. The molecule has 0 bridgehead atoms. The summed E-state index contributed by atoms with van der Waals surface area (Å²) >= 11 is 0. The second-order valence-corrected chi connectivity index (χ2v) is 2.07. The van der Waals surface area contributed by atoms with Crippen LogP contribution in [-0.4, -0.2) is 29.9 Å². The second-order valence-electron chi connectivity index (χ2n) is 2.07. The van der Waals surface area contributed by atoms with Crippen LogP contribution in [0.5, 0.6) is 0 Å². The van der Waals surface area contributed by atoms with E-state index < -0.39 is 0 Å². The van der Waals surface area contributed by atoms with Crippen molar-refractivity contribution in [3.05, 3.63) is 11.8 Å². The van der Waals surface area contributed by atoms with Crippen LogP contribution in [0.4, 0.5) is 0 Å². The average Bonchev–Trinajstić information content (AvgIpc) is 1.63. The quantitative estimate of drug-likeness (QED) is 0.314. The van der Waals surface area contributed by atoms with Crippen molar-refractivity contribution in [3.63, 3.8) is 0 Å². The standard InChI is InChI=1S/C6H12N2O/c1-5(9)4-6(7)8(2)3/h4,7,9H,1-3H3/b5-4-,7-6?. The average molecular weight is 128 g/mol. The highest BCUT2D eigenvalue weighted by Crippen LogP contribution is 1.87. The smallest absolute Gasteiger partial charge is 0.123 e. The molecule has 0 aromatic rings. The molecule has 0 amide bonds. The molecule has 2 N–H and O–H groups in total. The number of allylic oxidation sites excluding steroid dienone is 1. The summed E-state index contributed by atoms with van der Waals surface area (Å²) in [5, 5.41) is 15.8. The molecule has 9 heavy (non-hydrogen) atoms. The zero-order chi connectivity index (χ0) is 7.44. The Balaban J connectivity index is 3.93. The summed E-state index contributed by atoms with van der Waals surface area (Å²) in [7, 11) is 3.50. The predicted octanol–water partition coefficient (Wildman–Crippen LogP) is 0.987. The lowest BCUT2D eigenvalue weighted by Crippen LogP contribution is -2.18. The van der Waals surface area contributed by atoms with Gasteiger partial charge in [-0.05, 0) is 6.92 Å². The molecule has 3 heteroatoms. The van der Waals surface area contributed by atoms with Gasteiger partial charge in [-0.2, -0.15) is 0 Å². The molecule has 0 atom stereocenters. The Hall–Kier alpha value is -0.990. The summed E-state index contributed by atoms with van der Waals surface area (Å²) in [5.74, 6) is 0.462. The summed E-state index contributed by atoms with van der Waals surface area (Å²) in [4.78, 5) is 1.61. The van der Waals surface area contributed by atoms with Crippen LogP contribution in [0.15, 0.2) is 11.8 Å². The van der Waals surface area contributed by atoms with E-state index in [0.29, 0.717) is 5.84 Å². The van der Waals surface area contributed by atoms with Crippen molar-refractivity contribution in [2.45, 2.75) is 6.92 Å². The third-order valence-corrected chi connectivity index (χ3v) is 0.827. The van der Waals surface area contributed by atoms with Crippen LogP contribution in [0.25, 0.3) is 0 Å². The maximum Gasteiger partial charge on any atom is 0.123 e. The lowest BCUT2D eigenvalue weighted by Gasteiger charge is -2.08. The van der Waals surface area contributed by atoms with Crippen molar-refractivity contribution in [1.82, 2.24) is 4.90 Å². The fourth-order valence-electron chi connectivity index (χ4n) is 0.327. The highest BCUT2D eigenvalue weighted by molar-refractivity contribution is 5.89. The van der Waals surface area contributed by atoms with Crippen LogP contribution in [0.1, 0.15) is 6.92 Å². The number of aliphatic hydroxyl groups excluding tert-OH is 1. The van der Waals surface area contributed by atoms with Crippen molar-refractivity contribution in [3.8, 4) is 0 Å². The molecular weight excluding hydrogens is 116 g/mol. The molecule has 0 spiro atoms. The molecule has 0 aliphatic carbocycles. The lowest BCUT2D eigenvalue weighted by molar-refractivity contribution is 0.414. The van der Waals surface area contributed by atoms with E-state index in [0.717, 1.165) is 0 Å². The molecule has 0 fully saturated rings. The number of amidine groups is 1. The fourth-order valence-corrected chi connectivity index (χ4v) is 0.327. The van der Waals surface area contributed by atoms with Gasteiger partial charge < -0.3 is 10.0 Å². The van der Waals surface area contributed by atoms with Crippen LogP contribution in [0.2, 0.25) is 0 Å². The van der Waals surface area contributed by atoms with Crippen LogP contribution in [0, 0.1) is 5.41 Å². The van der Waals surface area contributed by atoms with E-state index in [2.05, 4.69) is 0 Å². The van der Waals surface area contributed by atoms with E-state index in [1.807, 2.05) is 0 Å². The zero-order valence-corrected chi connectivity index (χ0v) is 5.97. The number of likely N-dealkylation sites (N-methyl/N-ethyl adjacent to an activating group) is 1. The fraction of sp³-hybridized carbons (Fsp3) is 0.500. The van der Waals surface area contributed by atoms with E-state index in [1.54, 1.807) is 19.0 Å². The first-order chi connectivity index (χ1) is 4.04. The van der Waals surface area contributed by atoms with Crippen molar-refractivity contribution >= 4 is 5.84 Å². The van der Waals surface area contributed by atoms with Crippen LogP contribution >= 0.6 is 0 Å². The predicted molar refractivity (Wildman–Crippen MR) is 37.8 cm³/mol. The highest BCUT2D eigenvalue weighted by atomic mass is 16.3. The van der Waals surface area contributed by atoms with Gasteiger partial charge in [-0.1, -0.05) is 0 Å². The minimum atomic E-state index is 0.161. The number of rotatable bonds is 1. The Morgan fingerprint density at radius 3 is 2.11 bits per heavy atom. The lowest BCUT2D eigenvalue weighted by atomic mass is 10.4. The van der Waals surface area contributed by atoms with Crippen LogP contribution < -0.4 is 0 Å². The molecule has 52 valence electrons. The molecule has 0 saturated heterocycles. The summed E-state index contributed by atoms with van der Waals surface area (Å²) in [5.41, 5.74) is 0. The van der Waals surface area contributed by atoms with Gasteiger partial charge in [0, 0.05) is 20.2 Å². The molecule has 3 nitrogen and oxygen atoms in total. The third kappa shape index (κ3) is 3.58. The minimum absolute atomic E-state index is 0.161. The summed E-state index contributed by atoms with van der Waals surface area (Å²) in [6.07, 6.45) is 1.39. The molecular formula is C6H12N2O. The first kappa shape index (κ1) is 8.01. The minimum Gasteiger partial charge on any atom is -0.512 e. The molecule has 0 saturated carbocycles. The summed E-state index contributed by atoms with van der Waals surface area (Å²) in [6.45, 7) is 1.54. The van der Waals surface area contributed by atoms with Crippen molar-refractivity contribution in [1.29, 1.82) is 5.41 Å². The Morgan fingerprint density at radius 2 is 2.00 bits per heavy atom. The van der Waals surface area contributed by atoms with Crippen LogP contribution in [0.3, 0.4) is 0 Å². The zero-order valence-electron chi connectivity index (χ0n) is 5.97. The largest absolute Gasteiger partial charge is 0.512 e. The van der Waals surface area contributed by atoms with Gasteiger partial charge in [0.1, 0.15) is 5.84 Å². The van der Waals surface area contributed by atoms with E-state index in [-0.39, 0.29) is 5.76 Å². The maximum atomic E-state index is 8.67. The maximum absolute atomic E-state index is 8.67. The third-order valence-electron chi connectivity index (χ3n) is 0.827. The molecule has 0 aromatic heterocycles. The Labute approximate surface area is 55.1 Å². The van der Waals surface area contributed by atoms with Crippen molar-refractivity contribution < 1.29 is 5.11 Å². The molecule has 0 heterocycles. The highest BCUT2D eigenvalue weighted by Gasteiger charge is 1.92. The molecule has 0 rings (SSSR count). The molecule has 0 unspecified atom stereocenters. The van der Waals surface area contributed by atoms with Gasteiger partial charge in [0.05, 0.1) is 5.76 Å². The molecule has 0 aromatic carbocycles. The Kier molecular flexibility index (Phi) is 2.78. The summed E-state index contributed by atoms with van der Waals surface area (Å²) in [6, 6.07) is 0. The number of nitrogens with one attached hydrogen (secondary N) is 1. The van der Waals surface area contributed by atoms with Gasteiger partial charge in [-0.3, -0.25) is 5.41 Å². The van der Waals surface area contributed by atoms with Gasteiger partial charge in [0.25, 0.3) is 0 Å². The van der Waals surface area contributed by atoms with E-state index in [4.69, 9.17) is 10.5 Å². The van der Waals surface area contributed by atoms with E-state index in [1.165, 1.54) is 13.0 Å². The number of aliphatic hydroxyl groups is 1. The van der Waals surface area contributed by atoms with Gasteiger partial charge in [0.15, 0.2) is 0 Å². The topological polar surface area (TPSA) is 47.3 Å². The van der Waals surface area contributed by atoms with Crippen molar-refractivity contribution in [2.75, 3.05) is 14.1 Å². The van der Waals surface area contributed by atoms with E-state index in [9.17, 15) is 0 Å². The molecule has 0 aliphatic heterocycles. The molecule has 0 radical (unpaired) electrons. The molecule has 0 aliphatic rings. The van der Waals surface area contributed by atoms with Crippen molar-refractivity contribution in [2.24, 2.45) is 0 Å². The number of hydrogen-bond acceptors (Lipinski definition) is 2. The first-order valence-corrected chi connectivity index (χ1v) is 2.67. The van der Waals surface area contributed by atoms with Gasteiger partial charge in [0.2, 0.25) is 0 Å². The number of nitrogens with zero attached hydrogens (tertiary/aromatic N) is 1. The van der Waals surface area contributed by atoms with Gasteiger partial charge in [-0.25, -0.2) is 0 Å². The van der Waals surface area contributed by atoms with Crippen LogP contribution in [-0.2, 0) is 0 Å². The van der Waals surface area contributed by atoms with Gasteiger partial charge in [-0.15, -0.1) is 0 Å². The monoisotopic (exact) mass is 128 g/mol. The van der Waals surface area contributed by atoms with Gasteiger partial charge >= 0.3 is 0 Å².